The fourth-order valence-electron chi connectivity index (χ4n) is 2.16. The molecule has 3 N–H and O–H groups in total. The molecule has 0 radical (unpaired) electrons. The molecule has 18 heavy (non-hydrogen) atoms. The highest BCUT2D eigenvalue weighted by molar-refractivity contribution is 5.73. The number of nitrogens with two attached hydrogens (primary N) is 1. The van der Waals surface area contributed by atoms with Crippen LogP contribution in [0.25, 0.3) is 0 Å². The van der Waals surface area contributed by atoms with Gasteiger partial charge in [0.25, 0.3) is 0 Å². The molecule has 94 valence electrons. The first-order chi connectivity index (χ1) is 8.60. The van der Waals surface area contributed by atoms with Crippen LogP contribution < -0.4 is 16.0 Å². The molecule has 1 saturated heterocycles. The van der Waals surface area contributed by atoms with Crippen LogP contribution in [0.3, 0.4) is 0 Å². The van der Waals surface area contributed by atoms with Crippen LogP contribution in [0.5, 0.6) is 0 Å². The number of aromatic nitrogens is 1. The predicted molar refractivity (Wildman–Crippen MR) is 67.8 cm³/mol. The molecule has 1 aromatic rings. The highest BCUT2D eigenvalue weighted by atomic mass is 16.1. The van der Waals surface area contributed by atoms with Gasteiger partial charge in [-0.25, -0.2) is 4.98 Å². The Morgan fingerprint density at radius 2 is 2.50 bits per heavy atom. The van der Waals surface area contributed by atoms with Crippen molar-refractivity contribution in [1.29, 1.82) is 5.26 Å². The Kier molecular flexibility index (Phi) is 3.33. The lowest BCUT2D eigenvalue weighted by molar-refractivity contribution is -0.119. The van der Waals surface area contributed by atoms with Gasteiger partial charge in [-0.05, 0) is 12.5 Å². The maximum atomic E-state index is 11.0. The van der Waals surface area contributed by atoms with E-state index < -0.39 is 0 Å². The van der Waals surface area contributed by atoms with Crippen molar-refractivity contribution < 1.29 is 4.79 Å². The van der Waals surface area contributed by atoms with Crippen LogP contribution in [0.1, 0.15) is 18.9 Å². The molecule has 2 rings (SSSR count). The molecule has 0 spiro atoms. The first-order valence-corrected chi connectivity index (χ1v) is 5.78. The summed E-state index contributed by atoms with van der Waals surface area (Å²) in [6.07, 6.45) is 2.39. The number of hydrogen-bond acceptors (Lipinski definition) is 5. The summed E-state index contributed by atoms with van der Waals surface area (Å²) in [5.74, 6) is 0.657. The van der Waals surface area contributed by atoms with Gasteiger partial charge in [0, 0.05) is 32.3 Å². The van der Waals surface area contributed by atoms with Gasteiger partial charge in [-0.1, -0.05) is 0 Å². The minimum Gasteiger partial charge on any atom is -0.396 e. The minimum atomic E-state index is -0.0254. The van der Waals surface area contributed by atoms with Gasteiger partial charge in [0.05, 0.1) is 11.3 Å². The number of nitrogens with one attached hydrogen (secondary N) is 1. The van der Waals surface area contributed by atoms with E-state index in [1.54, 1.807) is 6.07 Å². The van der Waals surface area contributed by atoms with Crippen molar-refractivity contribution in [1.82, 2.24) is 10.3 Å². The molecule has 6 heteroatoms. The standard InChI is InChI=1S/C12H15N5O/c1-8(18)16-10-2-3-17(7-10)12-11(14)4-9(5-13)6-15-12/h4,6,10H,2-3,7,14H2,1H3,(H,16,18). The van der Waals surface area contributed by atoms with Crippen LogP contribution in [0.4, 0.5) is 11.5 Å². The number of nitrogen functional groups attached to an aromatic ring is 1. The molecule has 1 amide bonds. The number of carbonyl (C=O) groups is 1. The van der Waals surface area contributed by atoms with E-state index in [9.17, 15) is 4.79 Å². The largest absolute Gasteiger partial charge is 0.396 e. The second-order valence-electron chi connectivity index (χ2n) is 4.38. The lowest BCUT2D eigenvalue weighted by atomic mass is 10.2. The van der Waals surface area contributed by atoms with Crippen LogP contribution in [-0.2, 0) is 4.79 Å². The number of rotatable bonds is 2. The van der Waals surface area contributed by atoms with E-state index in [1.165, 1.54) is 13.1 Å². The Morgan fingerprint density at radius 1 is 1.72 bits per heavy atom. The Balaban J connectivity index is 2.10. The predicted octanol–water partition coefficient (Wildman–Crippen LogP) is 0.250. The van der Waals surface area contributed by atoms with Gasteiger partial charge in [-0.2, -0.15) is 5.26 Å². The Labute approximate surface area is 105 Å². The summed E-state index contributed by atoms with van der Waals surface area (Å²) in [4.78, 5) is 17.2. The van der Waals surface area contributed by atoms with Crippen molar-refractivity contribution in [3.63, 3.8) is 0 Å². The molecular weight excluding hydrogens is 230 g/mol. The van der Waals surface area contributed by atoms with Gasteiger partial charge < -0.3 is 16.0 Å². The lowest BCUT2D eigenvalue weighted by Gasteiger charge is -2.19. The fourth-order valence-corrected chi connectivity index (χ4v) is 2.16. The Hall–Kier alpha value is -2.29. The molecule has 1 unspecified atom stereocenters. The lowest BCUT2D eigenvalue weighted by Crippen LogP contribution is -2.35. The SMILES string of the molecule is CC(=O)NC1CCN(c2ncc(C#N)cc2N)C1. The normalized spacial score (nSPS) is 18.4. The Morgan fingerprint density at radius 3 is 3.11 bits per heavy atom. The summed E-state index contributed by atoms with van der Waals surface area (Å²) >= 11 is 0. The third-order valence-electron chi connectivity index (χ3n) is 2.92. The van der Waals surface area contributed by atoms with Gasteiger partial charge in [-0.3, -0.25) is 4.79 Å². The van der Waals surface area contributed by atoms with Crippen LogP contribution in [0.15, 0.2) is 12.3 Å². The molecular formula is C12H15N5O. The first-order valence-electron chi connectivity index (χ1n) is 5.78. The molecule has 0 aliphatic carbocycles. The molecule has 0 aromatic carbocycles. The molecule has 2 heterocycles. The third kappa shape index (κ3) is 2.51. The molecule has 0 saturated carbocycles. The van der Waals surface area contributed by atoms with E-state index in [-0.39, 0.29) is 11.9 Å². The summed E-state index contributed by atoms with van der Waals surface area (Å²) in [6.45, 7) is 3.01. The first kappa shape index (κ1) is 12.2. The number of hydrogen-bond donors (Lipinski definition) is 2. The second-order valence-corrected chi connectivity index (χ2v) is 4.38. The zero-order valence-electron chi connectivity index (χ0n) is 10.2. The van der Waals surface area contributed by atoms with Gasteiger partial charge >= 0.3 is 0 Å². The summed E-state index contributed by atoms with van der Waals surface area (Å²) in [6, 6.07) is 3.76. The molecule has 1 aromatic heterocycles. The summed E-state index contributed by atoms with van der Waals surface area (Å²) < 4.78 is 0. The number of anilines is 2. The highest BCUT2D eigenvalue weighted by Gasteiger charge is 2.25. The Bertz CT molecular complexity index is 508. The minimum absolute atomic E-state index is 0.0254. The van der Waals surface area contributed by atoms with Crippen molar-refractivity contribution in [2.24, 2.45) is 0 Å². The van der Waals surface area contributed by atoms with Gasteiger partial charge in [0.2, 0.25) is 5.91 Å². The van der Waals surface area contributed by atoms with Gasteiger partial charge in [0.1, 0.15) is 6.07 Å². The zero-order valence-corrected chi connectivity index (χ0v) is 10.2. The summed E-state index contributed by atoms with van der Waals surface area (Å²) in [7, 11) is 0. The number of nitriles is 1. The number of carbonyl (C=O) groups excluding carboxylic acids is 1. The smallest absolute Gasteiger partial charge is 0.217 e. The average Bonchev–Trinajstić information content (AvgIpc) is 2.76. The second kappa shape index (κ2) is 4.92. The maximum absolute atomic E-state index is 11.0. The van der Waals surface area contributed by atoms with Crippen molar-refractivity contribution in [2.45, 2.75) is 19.4 Å². The molecule has 1 atom stereocenters. The van der Waals surface area contributed by atoms with Crippen molar-refractivity contribution in [3.05, 3.63) is 17.8 Å². The number of pyridine rings is 1. The van der Waals surface area contributed by atoms with Gasteiger partial charge in [0.15, 0.2) is 5.82 Å². The molecule has 1 fully saturated rings. The fraction of sp³-hybridized carbons (Fsp3) is 0.417. The van der Waals surface area contributed by atoms with Crippen LogP contribution in [-0.4, -0.2) is 30.0 Å². The topological polar surface area (TPSA) is 95.0 Å². The van der Waals surface area contributed by atoms with Crippen LogP contribution in [0, 0.1) is 11.3 Å². The van der Waals surface area contributed by atoms with Crippen molar-refractivity contribution >= 4 is 17.4 Å². The highest BCUT2D eigenvalue weighted by Crippen LogP contribution is 2.24. The van der Waals surface area contributed by atoms with E-state index in [2.05, 4.69) is 10.3 Å². The number of amides is 1. The monoisotopic (exact) mass is 245 g/mol. The van der Waals surface area contributed by atoms with Crippen molar-refractivity contribution in [2.75, 3.05) is 23.7 Å². The maximum Gasteiger partial charge on any atom is 0.217 e. The third-order valence-corrected chi connectivity index (χ3v) is 2.92. The average molecular weight is 245 g/mol. The van der Waals surface area contributed by atoms with Crippen molar-refractivity contribution in [3.8, 4) is 6.07 Å². The van der Waals surface area contributed by atoms with E-state index >= 15 is 0 Å². The quantitative estimate of drug-likeness (QED) is 0.778. The van der Waals surface area contributed by atoms with Crippen LogP contribution in [0.2, 0.25) is 0 Å². The van der Waals surface area contributed by atoms with E-state index in [0.717, 1.165) is 13.0 Å². The molecule has 0 bridgehead atoms. The van der Waals surface area contributed by atoms with E-state index in [0.29, 0.717) is 23.6 Å². The summed E-state index contributed by atoms with van der Waals surface area (Å²) in [5.41, 5.74) is 6.83. The molecule has 1 aliphatic rings. The molecule has 6 nitrogen and oxygen atoms in total. The number of nitrogens with zero attached hydrogens (tertiary/aromatic N) is 3. The molecule has 1 aliphatic heterocycles. The van der Waals surface area contributed by atoms with E-state index in [1.807, 2.05) is 11.0 Å². The van der Waals surface area contributed by atoms with Gasteiger partial charge in [-0.15, -0.1) is 0 Å². The summed E-state index contributed by atoms with van der Waals surface area (Å²) in [5, 5.41) is 11.6. The zero-order chi connectivity index (χ0) is 13.1. The van der Waals surface area contributed by atoms with Crippen LogP contribution >= 0.6 is 0 Å². The van der Waals surface area contributed by atoms with E-state index in [4.69, 9.17) is 11.0 Å².